The molecule has 0 N–H and O–H groups in total. The van der Waals surface area contributed by atoms with E-state index in [0.29, 0.717) is 0 Å². The van der Waals surface area contributed by atoms with Crippen LogP contribution < -0.4 is 0 Å². The molecule has 1 aromatic rings. The monoisotopic (exact) mass is 372 g/mol. The van der Waals surface area contributed by atoms with E-state index in [1.165, 1.54) is 31.7 Å². The van der Waals surface area contributed by atoms with Gasteiger partial charge in [-0.2, -0.15) is 28.3 Å². The summed E-state index contributed by atoms with van der Waals surface area (Å²) in [4.78, 5) is 0. The predicted octanol–water partition coefficient (Wildman–Crippen LogP) is 6.08. The summed E-state index contributed by atoms with van der Waals surface area (Å²) in [6.07, 6.45) is 5.51. The fourth-order valence-corrected chi connectivity index (χ4v) is 4.32. The third-order valence-electron chi connectivity index (χ3n) is 3.44. The van der Waals surface area contributed by atoms with Crippen LogP contribution in [0, 0.1) is 6.92 Å². The van der Waals surface area contributed by atoms with Crippen LogP contribution in [0.1, 0.15) is 35.1 Å². The summed E-state index contributed by atoms with van der Waals surface area (Å²) in [6, 6.07) is 3.86. The fraction of sp³-hybridized carbons (Fsp3) is 0.643. The topological polar surface area (TPSA) is 0 Å². The molecule has 0 bridgehead atoms. The first-order chi connectivity index (χ1) is 8.70. The van der Waals surface area contributed by atoms with E-state index in [9.17, 15) is 0 Å². The quantitative estimate of drug-likeness (QED) is 0.435. The van der Waals surface area contributed by atoms with E-state index in [1.54, 1.807) is 22.3 Å². The number of rotatable bonds is 2. The molecule has 0 unspecified atom stereocenters. The van der Waals surface area contributed by atoms with E-state index in [-0.39, 0.29) is 0 Å². The van der Waals surface area contributed by atoms with Crippen LogP contribution in [0.2, 0.25) is 19.6 Å². The Hall–Kier alpha value is 1.15. The summed E-state index contributed by atoms with van der Waals surface area (Å²) in [5.74, 6) is 0. The van der Waals surface area contributed by atoms with Crippen LogP contribution in [0.15, 0.2) is 6.07 Å². The molecular formula is C14H23Cl3SiTi. The van der Waals surface area contributed by atoms with Crippen molar-refractivity contribution in [3.63, 3.8) is 0 Å². The van der Waals surface area contributed by atoms with Crippen LogP contribution in [0.3, 0.4) is 0 Å². The number of hydrogen-bond donors (Lipinski definition) is 0. The summed E-state index contributed by atoms with van der Waals surface area (Å²) in [5, 5.41) is 0. The van der Waals surface area contributed by atoms with Crippen LogP contribution >= 0.6 is 27.9 Å². The second-order valence-corrected chi connectivity index (χ2v) is 19.7. The van der Waals surface area contributed by atoms with E-state index in [0.717, 1.165) is 0 Å². The van der Waals surface area contributed by atoms with E-state index >= 15 is 0 Å². The molecule has 0 radical (unpaired) electrons. The Labute approximate surface area is 136 Å². The molecule has 0 aromatic heterocycles. The normalized spacial score (nSPS) is 14.5. The van der Waals surface area contributed by atoms with Crippen LogP contribution in [0.25, 0.3) is 0 Å². The maximum atomic E-state index is 4.97. The molecule has 0 fully saturated rings. The average Bonchev–Trinajstić information content (AvgIpc) is 2.53. The minimum atomic E-state index is -1.92. The minimum absolute atomic E-state index is 0.944. The molecule has 0 nitrogen and oxygen atoms in total. The number of halogens is 3. The van der Waals surface area contributed by atoms with Gasteiger partial charge in [0.25, 0.3) is 0 Å². The second-order valence-electron chi connectivity index (χ2n) is 6.47. The van der Waals surface area contributed by atoms with Gasteiger partial charge in [-0.05, 0) is 0 Å². The zero-order chi connectivity index (χ0) is 14.6. The molecule has 0 aliphatic heterocycles. The van der Waals surface area contributed by atoms with Gasteiger partial charge >= 0.3 is 42.6 Å². The molecule has 0 saturated heterocycles. The summed E-state index contributed by atoms with van der Waals surface area (Å²) in [5.41, 5.74) is 6.70. The molecule has 0 spiro atoms. The van der Waals surface area contributed by atoms with Crippen molar-refractivity contribution in [1.82, 2.24) is 0 Å². The van der Waals surface area contributed by atoms with Crippen LogP contribution in [-0.2, 0) is 33.6 Å². The molecule has 5 heteroatoms. The standard InChI is InChI=1S/C14H23Si.3ClH.Ti/c1-11-9-12(10-15(2,3)4)14-8-6-5-7-13(11)14;;;;/h9H,5-8,10H2,1-4H3;3*1H;/q-1;;;;+4/p-3. The maximum absolute atomic E-state index is 4.97. The molecule has 0 heterocycles. The molecule has 0 amide bonds. The number of hydrogen-bond acceptors (Lipinski definition) is 0. The summed E-state index contributed by atoms with van der Waals surface area (Å²) in [7, 11) is 14.0. The Bertz CT molecular complexity index is 405. The van der Waals surface area contributed by atoms with Crippen molar-refractivity contribution < 1.29 is 14.7 Å². The van der Waals surface area contributed by atoms with Crippen molar-refractivity contribution in [2.45, 2.75) is 58.3 Å². The zero-order valence-electron chi connectivity index (χ0n) is 12.2. The predicted molar refractivity (Wildman–Crippen MR) is 88.0 cm³/mol. The summed E-state index contributed by atoms with van der Waals surface area (Å²) in [6.45, 7) is 9.73. The van der Waals surface area contributed by atoms with E-state index in [4.69, 9.17) is 27.9 Å². The Kier molecular flexibility index (Phi) is 7.63. The van der Waals surface area contributed by atoms with Gasteiger partial charge in [0.1, 0.15) is 0 Å². The van der Waals surface area contributed by atoms with Gasteiger partial charge in [0.15, 0.2) is 0 Å². The number of aryl methyl sites for hydroxylation is 1. The fourth-order valence-electron chi connectivity index (χ4n) is 2.86. The molecular weight excluding hydrogens is 350 g/mol. The van der Waals surface area contributed by atoms with Gasteiger partial charge < -0.3 is 0 Å². The molecule has 0 atom stereocenters. The molecule has 0 saturated carbocycles. The van der Waals surface area contributed by atoms with Gasteiger partial charge in [0.2, 0.25) is 0 Å². The zero-order valence-corrected chi connectivity index (χ0v) is 17.1. The van der Waals surface area contributed by atoms with Crippen molar-refractivity contribution in [3.05, 3.63) is 28.3 Å². The molecule has 1 aliphatic rings. The summed E-state index contributed by atoms with van der Waals surface area (Å²) >= 11 is -1.92. The van der Waals surface area contributed by atoms with Gasteiger partial charge in [0.05, 0.1) is 0 Å². The first-order valence-corrected chi connectivity index (χ1v) is 17.0. The Morgan fingerprint density at radius 1 is 1.16 bits per heavy atom. The van der Waals surface area contributed by atoms with E-state index < -0.39 is 22.8 Å². The Balaban J connectivity index is 0.000000399. The Morgan fingerprint density at radius 2 is 1.68 bits per heavy atom. The number of fused-ring (bicyclic) bond motifs is 1. The van der Waals surface area contributed by atoms with Gasteiger partial charge in [-0.25, -0.2) is 0 Å². The molecule has 19 heavy (non-hydrogen) atoms. The first kappa shape index (κ1) is 18.2. The molecule has 1 aromatic carbocycles. The van der Waals surface area contributed by atoms with Crippen molar-refractivity contribution in [2.24, 2.45) is 0 Å². The molecule has 2 rings (SSSR count). The molecule has 1 aliphatic carbocycles. The third kappa shape index (κ3) is 6.63. The van der Waals surface area contributed by atoms with Crippen molar-refractivity contribution in [2.75, 3.05) is 0 Å². The van der Waals surface area contributed by atoms with Gasteiger partial charge in [-0.3, -0.25) is 0 Å². The average molecular weight is 374 g/mol. The second kappa shape index (κ2) is 7.96. The first-order valence-electron chi connectivity index (χ1n) is 6.81. The van der Waals surface area contributed by atoms with Gasteiger partial charge in [-0.15, -0.1) is 0 Å². The van der Waals surface area contributed by atoms with Gasteiger partial charge in [0, 0.05) is 8.07 Å². The van der Waals surface area contributed by atoms with Crippen molar-refractivity contribution >= 4 is 36.0 Å². The van der Waals surface area contributed by atoms with Crippen molar-refractivity contribution in [3.8, 4) is 0 Å². The van der Waals surface area contributed by atoms with Crippen molar-refractivity contribution in [1.29, 1.82) is 0 Å². The van der Waals surface area contributed by atoms with E-state index in [1.807, 2.05) is 0 Å². The third-order valence-corrected chi connectivity index (χ3v) is 4.88. The summed E-state index contributed by atoms with van der Waals surface area (Å²) < 4.78 is 0. The van der Waals surface area contributed by atoms with Gasteiger partial charge in [-0.1, -0.05) is 58.3 Å². The van der Waals surface area contributed by atoms with E-state index in [2.05, 4.69) is 32.6 Å². The SMILES string of the molecule is Cc1c[c-](C[Si](C)(C)C)c2c1CCCC2.[Cl][Ti+]([Cl])[Cl]. The van der Waals surface area contributed by atoms with Crippen LogP contribution in [0.5, 0.6) is 0 Å². The Morgan fingerprint density at radius 3 is 2.21 bits per heavy atom. The van der Waals surface area contributed by atoms with Crippen LogP contribution in [0.4, 0.5) is 0 Å². The molecule has 108 valence electrons. The van der Waals surface area contributed by atoms with Crippen LogP contribution in [-0.4, -0.2) is 8.07 Å².